The van der Waals surface area contributed by atoms with E-state index in [1.807, 2.05) is 20.8 Å². The lowest BCUT2D eigenvalue weighted by atomic mass is 10.1. The molecular formula is C14H20N2O4. The summed E-state index contributed by atoms with van der Waals surface area (Å²) in [5.41, 5.74) is 5.96. The van der Waals surface area contributed by atoms with E-state index in [2.05, 4.69) is 10.1 Å². The molecule has 0 heterocycles. The van der Waals surface area contributed by atoms with E-state index in [0.29, 0.717) is 5.69 Å². The molecule has 0 bridgehead atoms. The Morgan fingerprint density at radius 3 is 2.50 bits per heavy atom. The predicted octanol–water partition coefficient (Wildman–Crippen LogP) is 1.35. The minimum Gasteiger partial charge on any atom is -0.483 e. The molecule has 6 heteroatoms. The van der Waals surface area contributed by atoms with Crippen LogP contribution in [0.25, 0.3) is 0 Å². The number of rotatable bonds is 4. The summed E-state index contributed by atoms with van der Waals surface area (Å²) in [6.45, 7) is 5.40. The van der Waals surface area contributed by atoms with Crippen LogP contribution in [0.4, 0.5) is 5.69 Å². The molecule has 0 spiro atoms. The number of benzene rings is 1. The Balaban J connectivity index is 2.79. The van der Waals surface area contributed by atoms with Crippen molar-refractivity contribution in [3.63, 3.8) is 0 Å². The molecule has 1 amide bonds. The summed E-state index contributed by atoms with van der Waals surface area (Å²) in [6, 6.07) is 4.54. The zero-order chi connectivity index (χ0) is 15.3. The van der Waals surface area contributed by atoms with Gasteiger partial charge in [-0.05, 0) is 32.9 Å². The van der Waals surface area contributed by atoms with E-state index < -0.39 is 5.97 Å². The molecule has 0 saturated carbocycles. The summed E-state index contributed by atoms with van der Waals surface area (Å²) >= 11 is 0. The van der Waals surface area contributed by atoms with E-state index in [1.54, 1.807) is 6.07 Å². The second-order valence-corrected chi connectivity index (χ2v) is 5.33. The minimum absolute atomic E-state index is 0.204. The molecule has 0 saturated heterocycles. The van der Waals surface area contributed by atoms with E-state index in [4.69, 9.17) is 10.5 Å². The quantitative estimate of drug-likeness (QED) is 0.641. The summed E-state index contributed by atoms with van der Waals surface area (Å²) in [6.07, 6.45) is 0. The van der Waals surface area contributed by atoms with Crippen LogP contribution >= 0.6 is 0 Å². The summed E-state index contributed by atoms with van der Waals surface area (Å²) in [5, 5.41) is 2.76. The Kier molecular flexibility index (Phi) is 4.96. The van der Waals surface area contributed by atoms with Crippen molar-refractivity contribution < 1.29 is 19.1 Å². The van der Waals surface area contributed by atoms with Gasteiger partial charge in [0.15, 0.2) is 6.61 Å². The number of amides is 1. The third-order valence-electron chi connectivity index (χ3n) is 2.28. The highest BCUT2D eigenvalue weighted by atomic mass is 16.5. The lowest BCUT2D eigenvalue weighted by Crippen LogP contribution is -2.43. The lowest BCUT2D eigenvalue weighted by Gasteiger charge is -2.20. The Labute approximate surface area is 118 Å². The van der Waals surface area contributed by atoms with E-state index in [1.165, 1.54) is 19.2 Å². The maximum Gasteiger partial charge on any atom is 0.341 e. The molecule has 0 unspecified atom stereocenters. The highest BCUT2D eigenvalue weighted by Gasteiger charge is 2.17. The first-order valence-corrected chi connectivity index (χ1v) is 6.14. The molecular weight excluding hydrogens is 260 g/mol. The van der Waals surface area contributed by atoms with Gasteiger partial charge in [0.1, 0.15) is 11.3 Å². The number of anilines is 1. The van der Waals surface area contributed by atoms with Gasteiger partial charge in [0.05, 0.1) is 7.11 Å². The molecule has 0 fully saturated rings. The van der Waals surface area contributed by atoms with Crippen molar-refractivity contribution in [2.45, 2.75) is 26.3 Å². The normalized spacial score (nSPS) is 10.8. The predicted molar refractivity (Wildman–Crippen MR) is 75.6 cm³/mol. The van der Waals surface area contributed by atoms with E-state index >= 15 is 0 Å². The first-order chi connectivity index (χ1) is 9.23. The molecule has 1 aromatic rings. The Morgan fingerprint density at radius 2 is 1.95 bits per heavy atom. The van der Waals surface area contributed by atoms with Gasteiger partial charge in [0.25, 0.3) is 5.91 Å². The molecule has 6 nitrogen and oxygen atoms in total. The molecule has 0 aliphatic carbocycles. The van der Waals surface area contributed by atoms with Gasteiger partial charge in [-0.1, -0.05) is 0 Å². The van der Waals surface area contributed by atoms with Crippen LogP contribution < -0.4 is 15.8 Å². The second kappa shape index (κ2) is 6.27. The number of ether oxygens (including phenoxy) is 2. The maximum absolute atomic E-state index is 11.7. The van der Waals surface area contributed by atoms with Crippen LogP contribution in [0, 0.1) is 0 Å². The van der Waals surface area contributed by atoms with Crippen LogP contribution in [-0.4, -0.2) is 31.1 Å². The molecule has 1 rings (SSSR count). The van der Waals surface area contributed by atoms with Crippen LogP contribution in [-0.2, 0) is 9.53 Å². The van der Waals surface area contributed by atoms with Crippen LogP contribution in [0.1, 0.15) is 31.1 Å². The van der Waals surface area contributed by atoms with Crippen molar-refractivity contribution in [3.8, 4) is 5.75 Å². The maximum atomic E-state index is 11.7. The highest BCUT2D eigenvalue weighted by Crippen LogP contribution is 2.22. The topological polar surface area (TPSA) is 90.7 Å². The molecule has 3 N–H and O–H groups in total. The van der Waals surface area contributed by atoms with Crippen molar-refractivity contribution in [1.82, 2.24) is 5.32 Å². The van der Waals surface area contributed by atoms with Crippen LogP contribution in [0.2, 0.25) is 0 Å². The number of methoxy groups -OCH3 is 1. The van der Waals surface area contributed by atoms with Gasteiger partial charge in [-0.3, -0.25) is 4.79 Å². The van der Waals surface area contributed by atoms with Gasteiger partial charge >= 0.3 is 5.97 Å². The highest BCUT2D eigenvalue weighted by molar-refractivity contribution is 5.93. The largest absolute Gasteiger partial charge is 0.483 e. The molecule has 0 aliphatic rings. The van der Waals surface area contributed by atoms with Gasteiger partial charge < -0.3 is 20.5 Å². The fourth-order valence-corrected chi connectivity index (χ4v) is 1.53. The molecule has 0 aliphatic heterocycles. The van der Waals surface area contributed by atoms with Crippen molar-refractivity contribution in [2.24, 2.45) is 0 Å². The molecule has 1 aromatic carbocycles. The van der Waals surface area contributed by atoms with Gasteiger partial charge in [0.2, 0.25) is 0 Å². The fourth-order valence-electron chi connectivity index (χ4n) is 1.53. The number of esters is 1. The van der Waals surface area contributed by atoms with Crippen molar-refractivity contribution in [1.29, 1.82) is 0 Å². The first-order valence-electron chi connectivity index (χ1n) is 6.14. The van der Waals surface area contributed by atoms with Gasteiger partial charge in [-0.25, -0.2) is 4.79 Å². The molecule has 0 radical (unpaired) electrons. The monoisotopic (exact) mass is 280 g/mol. The van der Waals surface area contributed by atoms with Crippen LogP contribution in [0.15, 0.2) is 18.2 Å². The number of nitrogens with two attached hydrogens (primary N) is 1. The van der Waals surface area contributed by atoms with Crippen LogP contribution in [0.3, 0.4) is 0 Å². The first kappa shape index (κ1) is 15.8. The summed E-state index contributed by atoms with van der Waals surface area (Å²) in [5.74, 6) is -0.604. The summed E-state index contributed by atoms with van der Waals surface area (Å²) in [4.78, 5) is 23.3. The lowest BCUT2D eigenvalue weighted by molar-refractivity contribution is -0.124. The fraction of sp³-hybridized carbons (Fsp3) is 0.429. The molecule has 0 atom stereocenters. The average Bonchev–Trinajstić information content (AvgIpc) is 2.33. The summed E-state index contributed by atoms with van der Waals surface area (Å²) in [7, 11) is 1.27. The SMILES string of the molecule is COC(=O)c1ccc(N)cc1OCC(=O)NC(C)(C)C. The Morgan fingerprint density at radius 1 is 1.30 bits per heavy atom. The Hall–Kier alpha value is -2.24. The van der Waals surface area contributed by atoms with Gasteiger partial charge in [-0.2, -0.15) is 0 Å². The number of carbonyl (C=O) groups is 2. The average molecular weight is 280 g/mol. The Bertz CT molecular complexity index is 506. The zero-order valence-electron chi connectivity index (χ0n) is 12.1. The standard InChI is InChI=1S/C14H20N2O4/c1-14(2,3)16-12(17)8-20-11-7-9(15)5-6-10(11)13(18)19-4/h5-7H,8,15H2,1-4H3,(H,16,17). The third-order valence-corrected chi connectivity index (χ3v) is 2.28. The molecule has 20 heavy (non-hydrogen) atoms. The van der Waals surface area contributed by atoms with Crippen LogP contribution in [0.5, 0.6) is 5.75 Å². The van der Waals surface area contributed by atoms with Crippen molar-refractivity contribution in [2.75, 3.05) is 19.5 Å². The van der Waals surface area contributed by atoms with Crippen molar-refractivity contribution in [3.05, 3.63) is 23.8 Å². The number of hydrogen-bond acceptors (Lipinski definition) is 5. The molecule has 0 aromatic heterocycles. The van der Waals surface area contributed by atoms with E-state index in [0.717, 1.165) is 0 Å². The van der Waals surface area contributed by atoms with E-state index in [9.17, 15) is 9.59 Å². The summed E-state index contributed by atoms with van der Waals surface area (Å²) < 4.78 is 10.00. The third kappa shape index (κ3) is 4.79. The minimum atomic E-state index is -0.545. The number of carbonyl (C=O) groups excluding carboxylic acids is 2. The van der Waals surface area contributed by atoms with Gasteiger partial charge in [-0.15, -0.1) is 0 Å². The zero-order valence-corrected chi connectivity index (χ0v) is 12.1. The smallest absolute Gasteiger partial charge is 0.341 e. The number of nitrogens with one attached hydrogen (secondary N) is 1. The molecule has 110 valence electrons. The van der Waals surface area contributed by atoms with E-state index in [-0.39, 0.29) is 29.4 Å². The van der Waals surface area contributed by atoms with Crippen molar-refractivity contribution >= 4 is 17.6 Å². The number of hydrogen-bond donors (Lipinski definition) is 2. The second-order valence-electron chi connectivity index (χ2n) is 5.33. The van der Waals surface area contributed by atoms with Gasteiger partial charge in [0, 0.05) is 17.3 Å². The number of nitrogen functional groups attached to an aromatic ring is 1.